The fraction of sp³-hybridized carbons (Fsp3) is 0.429. The lowest BCUT2D eigenvalue weighted by atomic mass is 9.48. The molecule has 1 saturated carbocycles. The van der Waals surface area contributed by atoms with Crippen LogP contribution in [0.3, 0.4) is 0 Å². The molecule has 182 valence electrons. The number of aryl methyl sites for hydroxylation is 1. The molecule has 2 N–H and O–H groups in total. The van der Waals surface area contributed by atoms with Gasteiger partial charge in [0.25, 0.3) is 0 Å². The molecule has 5 atom stereocenters. The third-order valence-electron chi connectivity index (χ3n) is 8.83. The van der Waals surface area contributed by atoms with Crippen LogP contribution in [0.15, 0.2) is 42.5 Å². The van der Waals surface area contributed by atoms with Crippen molar-refractivity contribution in [1.82, 2.24) is 9.80 Å². The minimum Gasteiger partial charge on any atom is -0.504 e. The van der Waals surface area contributed by atoms with Crippen molar-refractivity contribution in [3.05, 3.63) is 64.7 Å². The van der Waals surface area contributed by atoms with E-state index in [1.165, 1.54) is 6.07 Å². The van der Waals surface area contributed by atoms with E-state index in [0.29, 0.717) is 36.9 Å². The quantitative estimate of drug-likeness (QED) is 0.665. The van der Waals surface area contributed by atoms with Gasteiger partial charge in [0, 0.05) is 24.3 Å². The second kappa shape index (κ2) is 7.42. The number of ether oxygens (including phenoxy) is 1. The Morgan fingerprint density at radius 1 is 1.26 bits per heavy atom. The Morgan fingerprint density at radius 2 is 2.06 bits per heavy atom. The lowest BCUT2D eigenvalue weighted by Gasteiger charge is -2.63. The van der Waals surface area contributed by atoms with Crippen LogP contribution in [0.25, 0.3) is 6.08 Å². The molecule has 2 aliphatic carbocycles. The number of carbonyl (C=O) groups excluding carboxylic acids is 2. The minimum atomic E-state index is -1.33. The third-order valence-corrected chi connectivity index (χ3v) is 8.83. The Labute approximate surface area is 204 Å². The van der Waals surface area contributed by atoms with E-state index >= 15 is 0 Å². The molecule has 0 aromatic heterocycles. The molecule has 0 unspecified atom stereocenters. The Morgan fingerprint density at radius 3 is 2.83 bits per heavy atom. The molecule has 1 saturated heterocycles. The molecule has 2 bridgehead atoms. The number of benzene rings is 2. The molecule has 0 radical (unpaired) electrons. The molecule has 2 aromatic carbocycles. The largest absolute Gasteiger partial charge is 0.504 e. The standard InChI is InChI=1S/C28H30N2O5/c1-16-5-4-6-17(15-16)7-10-21(32)30(3)19-11-12-28(34)25-23(33)18-8-9-20(31)24-22(18)27(28,26(19)35-24)13-14-29(25)2/h4-10,15,19,25-26,31,34H,11-14H2,1-3H3/t19-,25-,26+,27+,28-/m1/s1. The van der Waals surface area contributed by atoms with Gasteiger partial charge in [0.1, 0.15) is 17.7 Å². The Kier molecular flexibility index (Phi) is 4.73. The number of aliphatic hydroxyl groups is 1. The van der Waals surface area contributed by atoms with E-state index < -0.39 is 23.2 Å². The average molecular weight is 475 g/mol. The van der Waals surface area contributed by atoms with E-state index in [1.807, 2.05) is 49.2 Å². The van der Waals surface area contributed by atoms with E-state index in [1.54, 1.807) is 24.1 Å². The lowest BCUT2D eigenvalue weighted by Crippen LogP contribution is -2.79. The molecular weight excluding hydrogens is 444 g/mol. The summed E-state index contributed by atoms with van der Waals surface area (Å²) in [5.74, 6) is -0.0361. The van der Waals surface area contributed by atoms with Crippen molar-refractivity contribution in [3.63, 3.8) is 0 Å². The van der Waals surface area contributed by atoms with Gasteiger partial charge in [0.15, 0.2) is 17.3 Å². The normalized spacial score (nSPS) is 32.9. The number of carbonyl (C=O) groups is 2. The van der Waals surface area contributed by atoms with Gasteiger partial charge < -0.3 is 19.8 Å². The summed E-state index contributed by atoms with van der Waals surface area (Å²) in [4.78, 5) is 30.4. The number of amides is 1. The van der Waals surface area contributed by atoms with Crippen molar-refractivity contribution in [2.24, 2.45) is 0 Å². The summed E-state index contributed by atoms with van der Waals surface area (Å²) in [7, 11) is 3.64. The molecule has 1 amide bonds. The van der Waals surface area contributed by atoms with Gasteiger partial charge in [-0.05, 0) is 63.6 Å². The molecular formula is C28H30N2O5. The highest BCUT2D eigenvalue weighted by atomic mass is 16.5. The monoisotopic (exact) mass is 474 g/mol. The van der Waals surface area contributed by atoms with Crippen LogP contribution in [0.1, 0.15) is 46.3 Å². The number of phenolic OH excluding ortho intramolecular Hbond substituents is 1. The van der Waals surface area contributed by atoms with Gasteiger partial charge in [-0.1, -0.05) is 29.8 Å². The highest BCUT2D eigenvalue weighted by Crippen LogP contribution is 2.65. The maximum absolute atomic E-state index is 13.5. The van der Waals surface area contributed by atoms with E-state index in [-0.39, 0.29) is 29.2 Å². The van der Waals surface area contributed by atoms with Crippen LogP contribution >= 0.6 is 0 Å². The first kappa shape index (κ1) is 22.3. The zero-order chi connectivity index (χ0) is 24.7. The molecule has 2 aliphatic heterocycles. The third kappa shape index (κ3) is 2.79. The molecule has 6 rings (SSSR count). The van der Waals surface area contributed by atoms with Gasteiger partial charge in [-0.3, -0.25) is 14.5 Å². The van der Waals surface area contributed by atoms with Crippen molar-refractivity contribution < 1.29 is 24.5 Å². The molecule has 7 nitrogen and oxygen atoms in total. The number of hydrogen-bond acceptors (Lipinski definition) is 6. The van der Waals surface area contributed by atoms with Crippen molar-refractivity contribution in [3.8, 4) is 11.5 Å². The lowest BCUT2D eigenvalue weighted by molar-refractivity contribution is -0.184. The van der Waals surface area contributed by atoms with Gasteiger partial charge in [0.05, 0.1) is 11.5 Å². The average Bonchev–Trinajstić information content (AvgIpc) is 3.18. The first-order valence-electron chi connectivity index (χ1n) is 12.2. The summed E-state index contributed by atoms with van der Waals surface area (Å²) in [5.41, 5.74) is 1.02. The predicted octanol–water partition coefficient (Wildman–Crippen LogP) is 2.67. The van der Waals surface area contributed by atoms with Gasteiger partial charge in [0.2, 0.25) is 5.91 Å². The number of hydrogen-bond donors (Lipinski definition) is 2. The molecule has 1 spiro atoms. The molecule has 7 heteroatoms. The van der Waals surface area contributed by atoms with Gasteiger partial charge in [-0.2, -0.15) is 0 Å². The number of nitrogens with zero attached hydrogens (tertiary/aromatic N) is 2. The summed E-state index contributed by atoms with van der Waals surface area (Å²) in [6.45, 7) is 2.63. The topological polar surface area (TPSA) is 90.3 Å². The summed E-state index contributed by atoms with van der Waals surface area (Å²) in [6, 6.07) is 10.1. The van der Waals surface area contributed by atoms with Crippen LogP contribution in [0.4, 0.5) is 0 Å². The van der Waals surface area contributed by atoms with Crippen molar-refractivity contribution in [2.45, 2.75) is 55.4 Å². The maximum Gasteiger partial charge on any atom is 0.246 e. The number of likely N-dealkylation sites (N-methyl/N-ethyl adjacent to an activating group) is 2. The predicted molar refractivity (Wildman–Crippen MR) is 131 cm³/mol. The van der Waals surface area contributed by atoms with Crippen molar-refractivity contribution in [1.29, 1.82) is 0 Å². The zero-order valence-corrected chi connectivity index (χ0v) is 20.2. The Bertz CT molecular complexity index is 1290. The van der Waals surface area contributed by atoms with E-state index in [4.69, 9.17) is 4.74 Å². The Hall–Kier alpha value is -3.16. The fourth-order valence-corrected chi connectivity index (χ4v) is 7.22. The van der Waals surface area contributed by atoms with Gasteiger partial charge in [-0.15, -0.1) is 0 Å². The summed E-state index contributed by atoms with van der Waals surface area (Å²) in [6.07, 6.45) is 4.25. The van der Waals surface area contributed by atoms with Crippen LogP contribution in [-0.2, 0) is 10.2 Å². The van der Waals surface area contributed by atoms with Crippen molar-refractivity contribution in [2.75, 3.05) is 20.6 Å². The van der Waals surface area contributed by atoms with E-state index in [2.05, 4.69) is 0 Å². The zero-order valence-electron chi connectivity index (χ0n) is 20.2. The first-order chi connectivity index (χ1) is 16.7. The molecule has 35 heavy (non-hydrogen) atoms. The number of likely N-dealkylation sites (tertiary alicyclic amines) is 1. The smallest absolute Gasteiger partial charge is 0.246 e. The number of Topliss-reactive ketones (excluding diaryl/α,β-unsaturated/α-hetero) is 1. The van der Waals surface area contributed by atoms with Crippen LogP contribution < -0.4 is 4.74 Å². The highest BCUT2D eigenvalue weighted by Gasteiger charge is 2.75. The maximum atomic E-state index is 13.5. The summed E-state index contributed by atoms with van der Waals surface area (Å²) >= 11 is 0. The first-order valence-corrected chi connectivity index (χ1v) is 12.2. The molecule has 2 heterocycles. The van der Waals surface area contributed by atoms with Crippen molar-refractivity contribution >= 4 is 17.8 Å². The number of ketones is 1. The van der Waals surface area contributed by atoms with E-state index in [9.17, 15) is 19.8 Å². The second-order valence-electron chi connectivity index (χ2n) is 10.6. The van der Waals surface area contributed by atoms with Crippen LogP contribution in [0.2, 0.25) is 0 Å². The Balaban J connectivity index is 1.41. The number of rotatable bonds is 3. The molecule has 2 fully saturated rings. The molecule has 2 aromatic rings. The van der Waals surface area contributed by atoms with Crippen LogP contribution in [0, 0.1) is 6.92 Å². The summed E-state index contributed by atoms with van der Waals surface area (Å²) in [5, 5.41) is 22.9. The number of aromatic hydroxyl groups is 1. The highest BCUT2D eigenvalue weighted by molar-refractivity contribution is 6.06. The minimum absolute atomic E-state index is 0.0351. The fourth-order valence-electron chi connectivity index (χ4n) is 7.22. The SMILES string of the molecule is Cc1cccc(C=CC(=O)N(C)[C@@H]2CC[C@@]3(O)[C@H]4C(=O)c5ccc(O)c6c5[C@@]3(CCN4C)[C@H]2O6)c1. The van der Waals surface area contributed by atoms with E-state index in [0.717, 1.165) is 11.1 Å². The summed E-state index contributed by atoms with van der Waals surface area (Å²) < 4.78 is 6.42. The van der Waals surface area contributed by atoms with Crippen LogP contribution in [0.5, 0.6) is 11.5 Å². The number of phenols is 1. The van der Waals surface area contributed by atoms with Gasteiger partial charge >= 0.3 is 0 Å². The number of piperidine rings is 1. The second-order valence-corrected chi connectivity index (χ2v) is 10.6. The van der Waals surface area contributed by atoms with Gasteiger partial charge in [-0.25, -0.2) is 0 Å². The van der Waals surface area contributed by atoms with Crippen LogP contribution in [-0.4, -0.2) is 76.1 Å². The molecule has 4 aliphatic rings.